The Labute approximate surface area is 127 Å². The maximum Gasteiger partial charge on any atom is 0.0467 e. The summed E-state index contributed by atoms with van der Waals surface area (Å²) >= 11 is 7.00. The van der Waals surface area contributed by atoms with Gasteiger partial charge in [-0.25, -0.2) is 0 Å². The number of nitrogens with one attached hydrogen (secondary N) is 1. The van der Waals surface area contributed by atoms with Crippen molar-refractivity contribution in [2.24, 2.45) is 5.41 Å². The number of hydrogen-bond donors (Lipinski definition) is 1. The van der Waals surface area contributed by atoms with Crippen LogP contribution in [0.25, 0.3) is 0 Å². The molecule has 102 valence electrons. The summed E-state index contributed by atoms with van der Waals surface area (Å²) in [5, 5.41) is 3.51. The normalized spacial score (nSPS) is 11.8. The lowest BCUT2D eigenvalue weighted by atomic mass is 9.89. The van der Waals surface area contributed by atoms with Crippen molar-refractivity contribution < 1.29 is 4.74 Å². The van der Waals surface area contributed by atoms with Gasteiger partial charge in [-0.05, 0) is 61.4 Å². The summed E-state index contributed by atoms with van der Waals surface area (Å²) in [6, 6.07) is 6.33. The Kier molecular flexibility index (Phi) is 6.85. The van der Waals surface area contributed by atoms with Gasteiger partial charge < -0.3 is 10.1 Å². The van der Waals surface area contributed by atoms with Gasteiger partial charge >= 0.3 is 0 Å². The predicted octanol–water partition coefficient (Wildman–Crippen LogP) is 4.36. The molecule has 0 bridgehead atoms. The van der Waals surface area contributed by atoms with E-state index in [1.54, 1.807) is 7.11 Å². The van der Waals surface area contributed by atoms with Gasteiger partial charge in [0.15, 0.2) is 0 Å². The Morgan fingerprint density at radius 1 is 1.22 bits per heavy atom. The van der Waals surface area contributed by atoms with E-state index in [2.05, 4.69) is 69.2 Å². The zero-order valence-corrected chi connectivity index (χ0v) is 14.4. The lowest BCUT2D eigenvalue weighted by molar-refractivity contribution is 0.150. The lowest BCUT2D eigenvalue weighted by Crippen LogP contribution is -2.30. The summed E-state index contributed by atoms with van der Waals surface area (Å²) in [6.45, 7) is 7.22. The third-order valence-electron chi connectivity index (χ3n) is 2.90. The highest BCUT2D eigenvalue weighted by molar-refractivity contribution is 9.13. The van der Waals surface area contributed by atoms with Gasteiger partial charge in [-0.3, -0.25) is 0 Å². The molecule has 0 radical (unpaired) electrons. The third-order valence-corrected chi connectivity index (χ3v) is 4.78. The lowest BCUT2D eigenvalue weighted by Gasteiger charge is -2.24. The van der Waals surface area contributed by atoms with Crippen molar-refractivity contribution in [1.29, 1.82) is 0 Å². The fraction of sp³-hybridized carbons (Fsp3) is 0.571. The standard InChI is InChI=1S/C14H21Br2NO/c1-14(2,6-7-18-3)10-17-9-11-4-5-12(15)13(16)8-11/h4-5,8,17H,6-7,9-10H2,1-3H3. The second-order valence-corrected chi connectivity index (χ2v) is 6.97. The van der Waals surface area contributed by atoms with Crippen molar-refractivity contribution in [2.75, 3.05) is 20.3 Å². The minimum absolute atomic E-state index is 0.266. The fourth-order valence-electron chi connectivity index (χ4n) is 1.66. The second-order valence-electron chi connectivity index (χ2n) is 5.26. The van der Waals surface area contributed by atoms with Crippen LogP contribution in [-0.2, 0) is 11.3 Å². The molecule has 1 rings (SSSR count). The van der Waals surface area contributed by atoms with Gasteiger partial charge in [0.2, 0.25) is 0 Å². The highest BCUT2D eigenvalue weighted by Gasteiger charge is 2.16. The van der Waals surface area contributed by atoms with Crippen molar-refractivity contribution in [3.05, 3.63) is 32.7 Å². The van der Waals surface area contributed by atoms with Gasteiger partial charge in [0.1, 0.15) is 0 Å². The number of ether oxygens (including phenoxy) is 1. The first kappa shape index (κ1) is 16.2. The molecule has 0 saturated carbocycles. The number of benzene rings is 1. The smallest absolute Gasteiger partial charge is 0.0467 e. The molecule has 0 amide bonds. The molecule has 1 aromatic carbocycles. The van der Waals surface area contributed by atoms with Gasteiger partial charge in [-0.2, -0.15) is 0 Å². The van der Waals surface area contributed by atoms with E-state index < -0.39 is 0 Å². The van der Waals surface area contributed by atoms with E-state index >= 15 is 0 Å². The topological polar surface area (TPSA) is 21.3 Å². The van der Waals surface area contributed by atoms with Crippen LogP contribution in [0.15, 0.2) is 27.1 Å². The Hall–Kier alpha value is 0.1000. The van der Waals surface area contributed by atoms with Crippen LogP contribution >= 0.6 is 31.9 Å². The highest BCUT2D eigenvalue weighted by atomic mass is 79.9. The summed E-state index contributed by atoms with van der Waals surface area (Å²) < 4.78 is 7.32. The van der Waals surface area contributed by atoms with Crippen LogP contribution in [0.4, 0.5) is 0 Å². The monoisotopic (exact) mass is 377 g/mol. The summed E-state index contributed by atoms with van der Waals surface area (Å²) in [5.74, 6) is 0. The molecular weight excluding hydrogens is 358 g/mol. The molecule has 0 fully saturated rings. The second kappa shape index (κ2) is 7.63. The molecule has 0 saturated heterocycles. The number of halogens is 2. The van der Waals surface area contributed by atoms with Crippen LogP contribution in [0, 0.1) is 5.41 Å². The molecule has 0 aliphatic rings. The Balaban J connectivity index is 2.39. The first-order valence-corrected chi connectivity index (χ1v) is 7.67. The van der Waals surface area contributed by atoms with E-state index in [-0.39, 0.29) is 5.41 Å². The number of rotatable bonds is 7. The van der Waals surface area contributed by atoms with Crippen LogP contribution in [0.3, 0.4) is 0 Å². The van der Waals surface area contributed by atoms with Crippen molar-refractivity contribution in [2.45, 2.75) is 26.8 Å². The molecule has 0 aliphatic heterocycles. The van der Waals surface area contributed by atoms with E-state index in [1.807, 2.05) is 0 Å². The SMILES string of the molecule is COCCC(C)(C)CNCc1ccc(Br)c(Br)c1. The maximum absolute atomic E-state index is 5.13. The molecule has 0 aromatic heterocycles. The van der Waals surface area contributed by atoms with E-state index in [1.165, 1.54) is 5.56 Å². The molecule has 18 heavy (non-hydrogen) atoms. The quantitative estimate of drug-likeness (QED) is 0.760. The van der Waals surface area contributed by atoms with Crippen LogP contribution in [-0.4, -0.2) is 20.3 Å². The summed E-state index contributed by atoms with van der Waals surface area (Å²) in [5.41, 5.74) is 1.55. The van der Waals surface area contributed by atoms with Gasteiger partial charge in [-0.1, -0.05) is 19.9 Å². The van der Waals surface area contributed by atoms with Crippen LogP contribution in [0.5, 0.6) is 0 Å². The first-order chi connectivity index (χ1) is 8.44. The summed E-state index contributed by atoms with van der Waals surface area (Å²) in [7, 11) is 1.75. The summed E-state index contributed by atoms with van der Waals surface area (Å²) in [4.78, 5) is 0. The minimum atomic E-state index is 0.266. The molecule has 0 spiro atoms. The van der Waals surface area contributed by atoms with Crippen LogP contribution in [0.1, 0.15) is 25.8 Å². The van der Waals surface area contributed by atoms with Crippen molar-refractivity contribution in [3.8, 4) is 0 Å². The first-order valence-electron chi connectivity index (χ1n) is 6.08. The zero-order valence-electron chi connectivity index (χ0n) is 11.2. The number of methoxy groups -OCH3 is 1. The highest BCUT2D eigenvalue weighted by Crippen LogP contribution is 2.24. The van der Waals surface area contributed by atoms with E-state index in [0.29, 0.717) is 0 Å². The molecule has 1 N–H and O–H groups in total. The molecular formula is C14H21Br2NO. The maximum atomic E-state index is 5.13. The van der Waals surface area contributed by atoms with Crippen LogP contribution in [0.2, 0.25) is 0 Å². The largest absolute Gasteiger partial charge is 0.385 e. The zero-order chi connectivity index (χ0) is 13.6. The summed E-state index contributed by atoms with van der Waals surface area (Å²) in [6.07, 6.45) is 1.07. The van der Waals surface area contributed by atoms with Gasteiger partial charge in [0.25, 0.3) is 0 Å². The molecule has 1 aromatic rings. The minimum Gasteiger partial charge on any atom is -0.385 e. The van der Waals surface area contributed by atoms with Gasteiger partial charge in [0.05, 0.1) is 0 Å². The molecule has 0 aliphatic carbocycles. The Morgan fingerprint density at radius 2 is 1.94 bits per heavy atom. The van der Waals surface area contributed by atoms with Gasteiger partial charge in [-0.15, -0.1) is 0 Å². The Morgan fingerprint density at radius 3 is 2.56 bits per heavy atom. The molecule has 0 atom stereocenters. The van der Waals surface area contributed by atoms with Crippen molar-refractivity contribution in [1.82, 2.24) is 5.32 Å². The fourth-order valence-corrected chi connectivity index (χ4v) is 2.33. The molecule has 2 nitrogen and oxygen atoms in total. The average Bonchev–Trinajstić information content (AvgIpc) is 2.31. The predicted molar refractivity (Wildman–Crippen MR) is 83.8 cm³/mol. The van der Waals surface area contributed by atoms with E-state index in [9.17, 15) is 0 Å². The van der Waals surface area contributed by atoms with Crippen molar-refractivity contribution >= 4 is 31.9 Å². The van der Waals surface area contributed by atoms with Gasteiger partial charge in [0, 0.05) is 35.8 Å². The van der Waals surface area contributed by atoms with Crippen LogP contribution < -0.4 is 5.32 Å². The van der Waals surface area contributed by atoms with Crippen molar-refractivity contribution in [3.63, 3.8) is 0 Å². The number of hydrogen-bond acceptors (Lipinski definition) is 2. The Bertz CT molecular complexity index is 380. The van der Waals surface area contributed by atoms with E-state index in [4.69, 9.17) is 4.74 Å². The molecule has 0 heterocycles. The third kappa shape index (κ3) is 5.83. The van der Waals surface area contributed by atoms with E-state index in [0.717, 1.165) is 35.1 Å². The molecule has 4 heteroatoms. The average molecular weight is 379 g/mol. The molecule has 0 unspecified atom stereocenters.